The van der Waals surface area contributed by atoms with Gasteiger partial charge in [-0.1, -0.05) is 11.6 Å². The first-order valence-corrected chi connectivity index (χ1v) is 6.26. The van der Waals surface area contributed by atoms with Crippen LogP contribution in [0.1, 0.15) is 24.2 Å². The first-order valence-electron chi connectivity index (χ1n) is 5.89. The Morgan fingerprint density at radius 3 is 2.47 bits per heavy atom. The predicted octanol–water partition coefficient (Wildman–Crippen LogP) is 4.63. The molecule has 0 spiro atoms. The van der Waals surface area contributed by atoms with E-state index in [0.717, 1.165) is 5.56 Å². The van der Waals surface area contributed by atoms with Crippen molar-refractivity contribution < 1.29 is 14.2 Å². The molecule has 0 radical (unpaired) electrons. The number of hydrogen-bond acceptors (Lipinski definition) is 2. The van der Waals surface area contributed by atoms with E-state index in [9.17, 15) is 9.50 Å². The number of ether oxygens (including phenoxy) is 1. The summed E-state index contributed by atoms with van der Waals surface area (Å²) in [5.41, 5.74) is 1.28. The fourth-order valence-corrected chi connectivity index (χ4v) is 2.01. The zero-order valence-corrected chi connectivity index (χ0v) is 11.4. The van der Waals surface area contributed by atoms with Crippen molar-refractivity contribution in [3.63, 3.8) is 0 Å². The molecule has 0 amide bonds. The van der Waals surface area contributed by atoms with E-state index >= 15 is 0 Å². The van der Waals surface area contributed by atoms with Crippen LogP contribution >= 0.6 is 11.6 Å². The van der Waals surface area contributed by atoms with Crippen LogP contribution in [0.5, 0.6) is 11.5 Å². The van der Waals surface area contributed by atoms with Crippen LogP contribution in [0.15, 0.2) is 36.4 Å². The summed E-state index contributed by atoms with van der Waals surface area (Å²) < 4.78 is 18.9. The summed E-state index contributed by atoms with van der Waals surface area (Å²) in [6.45, 7) is 3.43. The number of aliphatic hydroxyl groups excluding tert-OH is 1. The molecule has 0 heterocycles. The number of hydrogen-bond donors (Lipinski definition) is 1. The highest BCUT2D eigenvalue weighted by atomic mass is 35.5. The standard InChI is InChI=1S/C15H14ClFO2/c1-9-7-11(16)3-5-14(9)19-15-6-4-12(17)8-13(15)10(2)18/h3-8,10,18H,1-2H3/t10-/m0/s1. The molecule has 0 fully saturated rings. The molecule has 0 bridgehead atoms. The van der Waals surface area contributed by atoms with E-state index in [0.29, 0.717) is 22.1 Å². The smallest absolute Gasteiger partial charge is 0.133 e. The van der Waals surface area contributed by atoms with Gasteiger partial charge in [0.1, 0.15) is 17.3 Å². The van der Waals surface area contributed by atoms with Crippen molar-refractivity contribution in [2.45, 2.75) is 20.0 Å². The molecule has 0 saturated carbocycles. The van der Waals surface area contributed by atoms with Crippen molar-refractivity contribution in [2.75, 3.05) is 0 Å². The van der Waals surface area contributed by atoms with Gasteiger partial charge >= 0.3 is 0 Å². The fraction of sp³-hybridized carbons (Fsp3) is 0.200. The van der Waals surface area contributed by atoms with Gasteiger partial charge in [-0.25, -0.2) is 4.39 Å². The zero-order valence-electron chi connectivity index (χ0n) is 10.7. The summed E-state index contributed by atoms with van der Waals surface area (Å²) in [5.74, 6) is 0.649. The molecule has 2 nitrogen and oxygen atoms in total. The average Bonchev–Trinajstić information content (AvgIpc) is 2.34. The van der Waals surface area contributed by atoms with Crippen molar-refractivity contribution >= 4 is 11.6 Å². The molecule has 0 unspecified atom stereocenters. The van der Waals surface area contributed by atoms with Gasteiger partial charge in [-0.3, -0.25) is 0 Å². The predicted molar refractivity (Wildman–Crippen MR) is 73.3 cm³/mol. The van der Waals surface area contributed by atoms with E-state index in [1.807, 2.05) is 6.92 Å². The normalized spacial score (nSPS) is 12.3. The quantitative estimate of drug-likeness (QED) is 0.888. The summed E-state index contributed by atoms with van der Waals surface area (Å²) in [5, 5.41) is 10.3. The van der Waals surface area contributed by atoms with E-state index in [-0.39, 0.29) is 0 Å². The van der Waals surface area contributed by atoms with Crippen molar-refractivity contribution in [3.05, 3.63) is 58.4 Å². The molecule has 0 aromatic heterocycles. The second-order valence-corrected chi connectivity index (χ2v) is 4.81. The van der Waals surface area contributed by atoms with Gasteiger partial charge in [0.25, 0.3) is 0 Å². The second kappa shape index (κ2) is 5.59. The molecule has 1 N–H and O–H groups in total. The molecule has 1 atom stereocenters. The monoisotopic (exact) mass is 280 g/mol. The van der Waals surface area contributed by atoms with Crippen LogP contribution in [0.3, 0.4) is 0 Å². The van der Waals surface area contributed by atoms with Gasteiger partial charge < -0.3 is 9.84 Å². The molecular formula is C15H14ClFO2. The maximum Gasteiger partial charge on any atom is 0.133 e. The first-order chi connectivity index (χ1) is 8.97. The molecule has 100 valence electrons. The lowest BCUT2D eigenvalue weighted by Gasteiger charge is -2.14. The molecule has 0 aliphatic carbocycles. The van der Waals surface area contributed by atoms with Crippen LogP contribution in [-0.4, -0.2) is 5.11 Å². The minimum atomic E-state index is -0.807. The van der Waals surface area contributed by atoms with Gasteiger partial charge in [-0.15, -0.1) is 0 Å². The molecular weight excluding hydrogens is 267 g/mol. The van der Waals surface area contributed by atoms with Crippen molar-refractivity contribution in [1.82, 2.24) is 0 Å². The largest absolute Gasteiger partial charge is 0.457 e. The third kappa shape index (κ3) is 3.25. The first kappa shape index (κ1) is 13.8. The van der Waals surface area contributed by atoms with Crippen LogP contribution in [0.25, 0.3) is 0 Å². The Morgan fingerprint density at radius 2 is 1.84 bits per heavy atom. The summed E-state index contributed by atoms with van der Waals surface area (Å²) in [6.07, 6.45) is -0.807. The highest BCUT2D eigenvalue weighted by molar-refractivity contribution is 6.30. The van der Waals surface area contributed by atoms with Crippen molar-refractivity contribution in [3.8, 4) is 11.5 Å². The van der Waals surface area contributed by atoms with E-state index in [2.05, 4.69) is 0 Å². The Balaban J connectivity index is 2.38. The average molecular weight is 281 g/mol. The maximum absolute atomic E-state index is 13.2. The topological polar surface area (TPSA) is 29.5 Å². The molecule has 0 saturated heterocycles. The summed E-state index contributed by atoms with van der Waals surface area (Å²) in [7, 11) is 0. The minimum absolute atomic E-state index is 0.406. The fourth-order valence-electron chi connectivity index (χ4n) is 1.78. The lowest BCUT2D eigenvalue weighted by atomic mass is 10.1. The maximum atomic E-state index is 13.2. The van der Waals surface area contributed by atoms with Gasteiger partial charge in [-0.2, -0.15) is 0 Å². The van der Waals surface area contributed by atoms with Gasteiger partial charge in [0.15, 0.2) is 0 Å². The number of halogens is 2. The third-order valence-electron chi connectivity index (χ3n) is 2.78. The van der Waals surface area contributed by atoms with Crippen molar-refractivity contribution in [2.24, 2.45) is 0 Å². The molecule has 0 aliphatic rings. The Bertz CT molecular complexity index is 597. The number of benzene rings is 2. The lowest BCUT2D eigenvalue weighted by Crippen LogP contribution is -1.98. The van der Waals surface area contributed by atoms with Gasteiger partial charge in [-0.05, 0) is 55.8 Å². The lowest BCUT2D eigenvalue weighted by molar-refractivity contribution is 0.195. The van der Waals surface area contributed by atoms with Gasteiger partial charge in [0.05, 0.1) is 6.10 Å². The molecule has 4 heteroatoms. The molecule has 2 aromatic rings. The van der Waals surface area contributed by atoms with Crippen molar-refractivity contribution in [1.29, 1.82) is 0 Å². The second-order valence-electron chi connectivity index (χ2n) is 4.37. The molecule has 2 rings (SSSR count). The van der Waals surface area contributed by atoms with Crippen LogP contribution in [0, 0.1) is 12.7 Å². The summed E-state index contributed by atoms with van der Waals surface area (Å²) in [6, 6.07) is 9.31. The Hall–Kier alpha value is -1.58. The van der Waals surface area contributed by atoms with E-state index in [4.69, 9.17) is 16.3 Å². The van der Waals surface area contributed by atoms with E-state index < -0.39 is 11.9 Å². The van der Waals surface area contributed by atoms with Crippen LogP contribution in [0.2, 0.25) is 5.02 Å². The minimum Gasteiger partial charge on any atom is -0.457 e. The Labute approximate surface area is 116 Å². The van der Waals surface area contributed by atoms with E-state index in [1.165, 1.54) is 18.2 Å². The van der Waals surface area contributed by atoms with Crippen LogP contribution in [-0.2, 0) is 0 Å². The number of aryl methyl sites for hydroxylation is 1. The molecule has 19 heavy (non-hydrogen) atoms. The zero-order chi connectivity index (χ0) is 14.0. The summed E-state index contributed by atoms with van der Waals surface area (Å²) in [4.78, 5) is 0. The Kier molecular flexibility index (Phi) is 4.08. The molecule has 0 aliphatic heterocycles. The highest BCUT2D eigenvalue weighted by Crippen LogP contribution is 2.32. The number of rotatable bonds is 3. The van der Waals surface area contributed by atoms with Crippen LogP contribution in [0.4, 0.5) is 4.39 Å². The SMILES string of the molecule is Cc1cc(Cl)ccc1Oc1ccc(F)cc1[C@H](C)O. The molecule has 2 aromatic carbocycles. The Morgan fingerprint density at radius 1 is 1.16 bits per heavy atom. The van der Waals surface area contributed by atoms with Gasteiger partial charge in [0.2, 0.25) is 0 Å². The van der Waals surface area contributed by atoms with E-state index in [1.54, 1.807) is 25.1 Å². The third-order valence-corrected chi connectivity index (χ3v) is 3.01. The highest BCUT2D eigenvalue weighted by Gasteiger charge is 2.12. The number of aliphatic hydroxyl groups is 1. The van der Waals surface area contributed by atoms with Crippen LogP contribution < -0.4 is 4.74 Å². The summed E-state index contributed by atoms with van der Waals surface area (Å²) >= 11 is 5.88. The van der Waals surface area contributed by atoms with Gasteiger partial charge in [0, 0.05) is 10.6 Å².